The van der Waals surface area contributed by atoms with E-state index in [4.69, 9.17) is 5.73 Å². The summed E-state index contributed by atoms with van der Waals surface area (Å²) in [5.41, 5.74) is 7.25. The molecule has 0 saturated heterocycles. The molecule has 2 aliphatic carbocycles. The summed E-state index contributed by atoms with van der Waals surface area (Å²) in [4.78, 5) is 24.6. The predicted octanol–water partition coefficient (Wildman–Crippen LogP) is 4.28. The molecule has 1 aromatic rings. The first-order chi connectivity index (χ1) is 14.1. The van der Waals surface area contributed by atoms with E-state index in [0.717, 1.165) is 44.0 Å². The molecule has 0 bridgehead atoms. The average Bonchev–Trinajstić information content (AvgIpc) is 3.45. The minimum Gasteiger partial charge on any atom is -0.354 e. The number of hydrogen-bond acceptors (Lipinski definition) is 3. The lowest BCUT2D eigenvalue weighted by Crippen LogP contribution is -2.50. The van der Waals surface area contributed by atoms with E-state index in [-0.39, 0.29) is 23.1 Å². The van der Waals surface area contributed by atoms with E-state index >= 15 is 0 Å². The highest BCUT2D eigenvalue weighted by molar-refractivity contribution is 5.82. The fraction of sp³-hybridized carbons (Fsp3) is 0.680. The van der Waals surface area contributed by atoms with E-state index in [2.05, 4.69) is 19.2 Å². The number of benzene rings is 1. The SMILES string of the molecule is Cc1ccc(C2(CNC(=O)C(N)C3CC(CC(C)C)CC(C)(C=O)C3)CC2)c(F)c1. The summed E-state index contributed by atoms with van der Waals surface area (Å²) in [5.74, 6) is 0.570. The third-order valence-corrected chi connectivity index (χ3v) is 7.17. The van der Waals surface area contributed by atoms with Gasteiger partial charge >= 0.3 is 0 Å². The minimum absolute atomic E-state index is 0.0102. The van der Waals surface area contributed by atoms with Crippen LogP contribution in [0.2, 0.25) is 0 Å². The van der Waals surface area contributed by atoms with Crippen molar-refractivity contribution in [1.82, 2.24) is 5.32 Å². The predicted molar refractivity (Wildman–Crippen MR) is 117 cm³/mol. The molecule has 1 amide bonds. The van der Waals surface area contributed by atoms with Crippen molar-refractivity contribution in [2.75, 3.05) is 6.54 Å². The molecular weight excluding hydrogens is 379 g/mol. The van der Waals surface area contributed by atoms with E-state index in [9.17, 15) is 14.0 Å². The molecule has 3 N–H and O–H groups in total. The van der Waals surface area contributed by atoms with Crippen LogP contribution in [0.25, 0.3) is 0 Å². The Hall–Kier alpha value is -1.75. The molecule has 2 aliphatic rings. The topological polar surface area (TPSA) is 72.2 Å². The zero-order valence-electron chi connectivity index (χ0n) is 18.8. The molecule has 1 aromatic carbocycles. The maximum atomic E-state index is 14.5. The van der Waals surface area contributed by atoms with Crippen molar-refractivity contribution in [3.05, 3.63) is 35.1 Å². The number of carbonyl (C=O) groups is 2. The third-order valence-electron chi connectivity index (χ3n) is 7.17. The van der Waals surface area contributed by atoms with Gasteiger partial charge in [0.15, 0.2) is 0 Å². The summed E-state index contributed by atoms with van der Waals surface area (Å²) in [7, 11) is 0. The Morgan fingerprint density at radius 3 is 2.60 bits per heavy atom. The Bertz CT molecular complexity index is 789. The Morgan fingerprint density at radius 1 is 1.33 bits per heavy atom. The van der Waals surface area contributed by atoms with Crippen molar-refractivity contribution in [2.45, 2.75) is 77.7 Å². The molecule has 4 atom stereocenters. The van der Waals surface area contributed by atoms with Gasteiger partial charge in [0.2, 0.25) is 5.91 Å². The standard InChI is InChI=1S/C25H37FN2O2/c1-16(2)9-18-11-19(13-24(4,12-18)15-29)22(27)23(30)28-14-25(7-8-25)20-6-5-17(3)10-21(20)26/h5-6,10,15-16,18-19,22H,7-9,11-14,27H2,1-4H3,(H,28,30). The van der Waals surface area contributed by atoms with Crippen LogP contribution in [-0.2, 0) is 15.0 Å². The highest BCUT2D eigenvalue weighted by atomic mass is 19.1. The van der Waals surface area contributed by atoms with E-state index in [1.807, 2.05) is 26.0 Å². The third kappa shape index (κ3) is 5.11. The maximum Gasteiger partial charge on any atom is 0.237 e. The van der Waals surface area contributed by atoms with Gasteiger partial charge in [-0.2, -0.15) is 0 Å². The Kier molecular flexibility index (Phi) is 6.71. The summed E-state index contributed by atoms with van der Waals surface area (Å²) in [5, 5.41) is 3.00. The first-order valence-electron chi connectivity index (χ1n) is 11.3. The smallest absolute Gasteiger partial charge is 0.237 e. The fourth-order valence-corrected chi connectivity index (χ4v) is 5.48. The fourth-order valence-electron chi connectivity index (χ4n) is 5.48. The van der Waals surface area contributed by atoms with Crippen LogP contribution in [-0.4, -0.2) is 24.8 Å². The van der Waals surface area contributed by atoms with Crippen molar-refractivity contribution >= 4 is 12.2 Å². The maximum absolute atomic E-state index is 14.5. The molecule has 0 aliphatic heterocycles. The van der Waals surface area contributed by atoms with Crippen LogP contribution < -0.4 is 11.1 Å². The number of hydrogen-bond donors (Lipinski definition) is 2. The summed E-state index contributed by atoms with van der Waals surface area (Å²) >= 11 is 0. The average molecular weight is 417 g/mol. The molecule has 4 unspecified atom stereocenters. The van der Waals surface area contributed by atoms with Crippen LogP contribution >= 0.6 is 0 Å². The second-order valence-corrected chi connectivity index (χ2v) is 10.7. The summed E-state index contributed by atoms with van der Waals surface area (Å²) in [6, 6.07) is 4.68. The van der Waals surface area contributed by atoms with Gasteiger partial charge in [0.05, 0.1) is 6.04 Å². The Morgan fingerprint density at radius 2 is 2.03 bits per heavy atom. The van der Waals surface area contributed by atoms with Crippen LogP contribution in [0.5, 0.6) is 0 Å². The van der Waals surface area contributed by atoms with Crippen LogP contribution in [0.15, 0.2) is 18.2 Å². The molecule has 0 aromatic heterocycles. The second kappa shape index (κ2) is 8.78. The number of rotatable bonds is 8. The van der Waals surface area contributed by atoms with Crippen molar-refractivity contribution in [1.29, 1.82) is 0 Å². The van der Waals surface area contributed by atoms with Gasteiger partial charge in [0.1, 0.15) is 12.1 Å². The number of amides is 1. The lowest BCUT2D eigenvalue weighted by Gasteiger charge is -2.41. The summed E-state index contributed by atoms with van der Waals surface area (Å²) in [6.07, 6.45) is 6.23. The molecule has 30 heavy (non-hydrogen) atoms. The van der Waals surface area contributed by atoms with Gasteiger partial charge in [-0.05, 0) is 80.4 Å². The number of carbonyl (C=O) groups excluding carboxylic acids is 2. The van der Waals surface area contributed by atoms with Gasteiger partial charge < -0.3 is 15.8 Å². The number of nitrogens with one attached hydrogen (secondary N) is 1. The van der Waals surface area contributed by atoms with Crippen LogP contribution in [0.1, 0.15) is 70.4 Å². The molecule has 0 spiro atoms. The lowest BCUT2D eigenvalue weighted by atomic mass is 9.64. The van der Waals surface area contributed by atoms with Crippen molar-refractivity contribution in [3.8, 4) is 0 Å². The van der Waals surface area contributed by atoms with Crippen molar-refractivity contribution < 1.29 is 14.0 Å². The first-order valence-corrected chi connectivity index (χ1v) is 11.3. The quantitative estimate of drug-likeness (QED) is 0.622. The molecule has 0 radical (unpaired) electrons. The number of aldehydes is 1. The molecule has 3 rings (SSSR count). The van der Waals surface area contributed by atoms with Gasteiger partial charge in [0, 0.05) is 17.4 Å². The molecule has 166 valence electrons. The van der Waals surface area contributed by atoms with Crippen LogP contribution in [0, 0.1) is 35.9 Å². The molecule has 5 heteroatoms. The second-order valence-electron chi connectivity index (χ2n) is 10.7. The van der Waals surface area contributed by atoms with Crippen molar-refractivity contribution in [2.24, 2.45) is 28.9 Å². The summed E-state index contributed by atoms with van der Waals surface area (Å²) in [6.45, 7) is 8.65. The normalized spacial score (nSPS) is 28.8. The first kappa shape index (κ1) is 22.9. The Balaban J connectivity index is 1.64. The summed E-state index contributed by atoms with van der Waals surface area (Å²) < 4.78 is 14.5. The monoisotopic (exact) mass is 416 g/mol. The van der Waals surface area contributed by atoms with Gasteiger partial charge in [-0.3, -0.25) is 4.79 Å². The number of halogens is 1. The van der Waals surface area contributed by atoms with Gasteiger partial charge in [-0.1, -0.05) is 32.9 Å². The van der Waals surface area contributed by atoms with E-state index < -0.39 is 11.5 Å². The lowest BCUT2D eigenvalue weighted by molar-refractivity contribution is -0.126. The molecule has 4 nitrogen and oxygen atoms in total. The largest absolute Gasteiger partial charge is 0.354 e. The zero-order chi connectivity index (χ0) is 22.1. The minimum atomic E-state index is -0.641. The van der Waals surface area contributed by atoms with Crippen molar-refractivity contribution in [3.63, 3.8) is 0 Å². The van der Waals surface area contributed by atoms with E-state index in [1.165, 1.54) is 0 Å². The Labute approximate surface area is 180 Å². The molecular formula is C25H37FN2O2. The molecule has 0 heterocycles. The van der Waals surface area contributed by atoms with Gasteiger partial charge in [-0.15, -0.1) is 0 Å². The van der Waals surface area contributed by atoms with Gasteiger partial charge in [-0.25, -0.2) is 4.39 Å². The number of aryl methyl sites for hydroxylation is 1. The van der Waals surface area contributed by atoms with Crippen LogP contribution in [0.3, 0.4) is 0 Å². The van der Waals surface area contributed by atoms with E-state index in [0.29, 0.717) is 30.4 Å². The number of nitrogens with two attached hydrogens (primary N) is 1. The zero-order valence-corrected chi connectivity index (χ0v) is 18.8. The van der Waals surface area contributed by atoms with Crippen LogP contribution in [0.4, 0.5) is 4.39 Å². The highest BCUT2D eigenvalue weighted by Gasteiger charge is 2.47. The molecule has 2 fully saturated rings. The van der Waals surface area contributed by atoms with Gasteiger partial charge in [0.25, 0.3) is 0 Å². The van der Waals surface area contributed by atoms with E-state index in [1.54, 1.807) is 6.07 Å². The molecule has 2 saturated carbocycles. The highest BCUT2D eigenvalue weighted by Crippen LogP contribution is 2.49.